The summed E-state index contributed by atoms with van der Waals surface area (Å²) in [5.74, 6) is 0.723. The molecule has 0 saturated heterocycles. The van der Waals surface area contributed by atoms with E-state index in [1.54, 1.807) is 31.4 Å². The van der Waals surface area contributed by atoms with Crippen molar-refractivity contribution in [2.45, 2.75) is 18.9 Å². The fourth-order valence-corrected chi connectivity index (χ4v) is 3.39. The minimum Gasteiger partial charge on any atom is -0.497 e. The Morgan fingerprint density at radius 3 is 2.35 bits per heavy atom. The quantitative estimate of drug-likeness (QED) is 0.778. The summed E-state index contributed by atoms with van der Waals surface area (Å²) in [4.78, 5) is 0. The first kappa shape index (κ1) is 17.3. The minimum atomic E-state index is -3.38. The highest BCUT2D eigenvalue weighted by atomic mass is 32.2. The molecule has 0 saturated carbocycles. The highest BCUT2D eigenvalue weighted by Crippen LogP contribution is 2.18. The Kier molecular flexibility index (Phi) is 6.01. The molecule has 2 aromatic carbocycles. The summed E-state index contributed by atoms with van der Waals surface area (Å²) >= 11 is 0. The summed E-state index contributed by atoms with van der Waals surface area (Å²) < 4.78 is 31.8. The molecular weight excluding hydrogens is 312 g/mol. The van der Waals surface area contributed by atoms with Gasteiger partial charge in [0, 0.05) is 11.7 Å². The van der Waals surface area contributed by atoms with E-state index in [-0.39, 0.29) is 11.8 Å². The van der Waals surface area contributed by atoms with Crippen molar-refractivity contribution in [1.29, 1.82) is 0 Å². The van der Waals surface area contributed by atoms with Crippen molar-refractivity contribution >= 4 is 15.7 Å². The molecule has 0 aliphatic rings. The van der Waals surface area contributed by atoms with E-state index in [4.69, 9.17) is 10.5 Å². The average Bonchev–Trinajstić information content (AvgIpc) is 2.55. The second kappa shape index (κ2) is 7.99. The van der Waals surface area contributed by atoms with Gasteiger partial charge in [-0.1, -0.05) is 30.3 Å². The molecule has 0 aliphatic carbocycles. The Balaban J connectivity index is 1.84. The van der Waals surface area contributed by atoms with Gasteiger partial charge < -0.3 is 10.5 Å². The molecule has 0 radical (unpaired) electrons. The summed E-state index contributed by atoms with van der Waals surface area (Å²) in [5, 5.41) is 0. The van der Waals surface area contributed by atoms with Crippen molar-refractivity contribution in [1.82, 2.24) is 0 Å². The van der Waals surface area contributed by atoms with Crippen LogP contribution in [-0.4, -0.2) is 21.3 Å². The Hall–Kier alpha value is -2.05. The van der Waals surface area contributed by atoms with E-state index < -0.39 is 10.0 Å². The number of benzene rings is 2. The zero-order valence-corrected chi connectivity index (χ0v) is 13.9. The molecule has 1 atom stereocenters. The van der Waals surface area contributed by atoms with Gasteiger partial charge in [0.05, 0.1) is 12.9 Å². The SMILES string of the molecule is COc1ccc(NS(=O)(=O)CCCC(N)c2ccccc2)cc1. The number of hydrogen-bond donors (Lipinski definition) is 2. The van der Waals surface area contributed by atoms with Crippen molar-refractivity contribution in [2.75, 3.05) is 17.6 Å². The topological polar surface area (TPSA) is 81.4 Å². The van der Waals surface area contributed by atoms with Crippen LogP contribution in [0.5, 0.6) is 5.75 Å². The van der Waals surface area contributed by atoms with Crippen molar-refractivity contribution < 1.29 is 13.2 Å². The second-order valence-electron chi connectivity index (χ2n) is 5.31. The maximum Gasteiger partial charge on any atom is 0.232 e. The van der Waals surface area contributed by atoms with E-state index in [1.165, 1.54) is 0 Å². The molecule has 124 valence electrons. The third-order valence-corrected chi connectivity index (χ3v) is 4.89. The molecule has 0 aromatic heterocycles. The lowest BCUT2D eigenvalue weighted by atomic mass is 10.0. The van der Waals surface area contributed by atoms with E-state index in [2.05, 4.69) is 4.72 Å². The largest absolute Gasteiger partial charge is 0.497 e. The first-order chi connectivity index (χ1) is 11.0. The summed E-state index contributed by atoms with van der Waals surface area (Å²) in [7, 11) is -1.81. The molecule has 0 bridgehead atoms. The van der Waals surface area contributed by atoms with Crippen molar-refractivity contribution in [3.05, 3.63) is 60.2 Å². The van der Waals surface area contributed by atoms with Gasteiger partial charge in [0.1, 0.15) is 5.75 Å². The summed E-state index contributed by atoms with van der Waals surface area (Å²) in [5.41, 5.74) is 7.63. The number of sulfonamides is 1. The first-order valence-electron chi connectivity index (χ1n) is 7.45. The molecule has 6 heteroatoms. The molecule has 0 fully saturated rings. The lowest BCUT2D eigenvalue weighted by molar-refractivity contribution is 0.415. The molecule has 3 N–H and O–H groups in total. The van der Waals surface area contributed by atoms with Crippen LogP contribution in [0.1, 0.15) is 24.4 Å². The van der Waals surface area contributed by atoms with Crippen LogP contribution in [-0.2, 0) is 10.0 Å². The predicted octanol–water partition coefficient (Wildman–Crippen LogP) is 2.92. The van der Waals surface area contributed by atoms with Crippen LogP contribution in [0.4, 0.5) is 5.69 Å². The molecule has 0 amide bonds. The fourth-order valence-electron chi connectivity index (χ4n) is 2.25. The Bertz CT molecular complexity index is 700. The van der Waals surface area contributed by atoms with Crippen LogP contribution in [0.3, 0.4) is 0 Å². The fraction of sp³-hybridized carbons (Fsp3) is 0.294. The van der Waals surface area contributed by atoms with Crippen molar-refractivity contribution in [2.24, 2.45) is 5.73 Å². The number of rotatable bonds is 8. The van der Waals surface area contributed by atoms with Crippen molar-refractivity contribution in [3.63, 3.8) is 0 Å². The van der Waals surface area contributed by atoms with E-state index in [1.807, 2.05) is 30.3 Å². The van der Waals surface area contributed by atoms with Gasteiger partial charge in [0.2, 0.25) is 10.0 Å². The molecule has 23 heavy (non-hydrogen) atoms. The summed E-state index contributed by atoms with van der Waals surface area (Å²) in [6, 6.07) is 16.3. The van der Waals surface area contributed by atoms with Gasteiger partial charge in [0.25, 0.3) is 0 Å². The number of anilines is 1. The van der Waals surface area contributed by atoms with E-state index in [0.29, 0.717) is 24.3 Å². The standard InChI is InChI=1S/C17H22N2O3S/c1-22-16-11-9-15(10-12-16)19-23(20,21)13-5-8-17(18)14-6-3-2-4-7-14/h2-4,6-7,9-12,17,19H,5,8,13,18H2,1H3. The van der Waals surface area contributed by atoms with Crippen molar-refractivity contribution in [3.8, 4) is 5.75 Å². The second-order valence-corrected chi connectivity index (χ2v) is 7.15. The third kappa shape index (κ3) is 5.58. The Labute approximate surface area is 137 Å². The zero-order valence-electron chi connectivity index (χ0n) is 13.1. The highest BCUT2D eigenvalue weighted by molar-refractivity contribution is 7.92. The van der Waals surface area contributed by atoms with Crippen LogP contribution >= 0.6 is 0 Å². The van der Waals surface area contributed by atoms with Gasteiger partial charge in [-0.25, -0.2) is 8.42 Å². The molecule has 0 spiro atoms. The van der Waals surface area contributed by atoms with Crippen LogP contribution < -0.4 is 15.2 Å². The number of methoxy groups -OCH3 is 1. The predicted molar refractivity (Wildman–Crippen MR) is 93.0 cm³/mol. The first-order valence-corrected chi connectivity index (χ1v) is 9.10. The van der Waals surface area contributed by atoms with Gasteiger partial charge in [-0.05, 0) is 42.7 Å². The van der Waals surface area contributed by atoms with Crippen LogP contribution in [0, 0.1) is 0 Å². The molecular formula is C17H22N2O3S. The monoisotopic (exact) mass is 334 g/mol. The molecule has 0 aliphatic heterocycles. The van der Waals surface area contributed by atoms with Gasteiger partial charge in [-0.15, -0.1) is 0 Å². The maximum atomic E-state index is 12.1. The van der Waals surface area contributed by atoms with E-state index in [9.17, 15) is 8.42 Å². The van der Waals surface area contributed by atoms with Gasteiger partial charge in [0.15, 0.2) is 0 Å². The number of nitrogens with two attached hydrogens (primary N) is 1. The highest BCUT2D eigenvalue weighted by Gasteiger charge is 2.12. The van der Waals surface area contributed by atoms with Gasteiger partial charge in [-0.3, -0.25) is 4.72 Å². The lowest BCUT2D eigenvalue weighted by Gasteiger charge is -2.12. The molecule has 2 aromatic rings. The molecule has 1 unspecified atom stereocenters. The zero-order chi connectivity index (χ0) is 16.7. The van der Waals surface area contributed by atoms with Gasteiger partial charge >= 0.3 is 0 Å². The smallest absolute Gasteiger partial charge is 0.232 e. The normalized spacial score (nSPS) is 12.6. The van der Waals surface area contributed by atoms with Crippen LogP contribution in [0.2, 0.25) is 0 Å². The number of ether oxygens (including phenoxy) is 1. The molecule has 0 heterocycles. The Morgan fingerprint density at radius 1 is 1.09 bits per heavy atom. The Morgan fingerprint density at radius 2 is 1.74 bits per heavy atom. The van der Waals surface area contributed by atoms with E-state index >= 15 is 0 Å². The molecule has 2 rings (SSSR count). The lowest BCUT2D eigenvalue weighted by Crippen LogP contribution is -2.18. The summed E-state index contributed by atoms with van der Waals surface area (Å²) in [6.45, 7) is 0. The number of nitrogens with one attached hydrogen (secondary N) is 1. The van der Waals surface area contributed by atoms with E-state index in [0.717, 1.165) is 5.56 Å². The maximum absolute atomic E-state index is 12.1. The summed E-state index contributed by atoms with van der Waals surface area (Å²) in [6.07, 6.45) is 1.12. The van der Waals surface area contributed by atoms with Crippen LogP contribution in [0.15, 0.2) is 54.6 Å². The third-order valence-electron chi connectivity index (χ3n) is 3.52. The van der Waals surface area contributed by atoms with Gasteiger partial charge in [-0.2, -0.15) is 0 Å². The van der Waals surface area contributed by atoms with Crippen LogP contribution in [0.25, 0.3) is 0 Å². The average molecular weight is 334 g/mol. The molecule has 5 nitrogen and oxygen atoms in total. The number of hydrogen-bond acceptors (Lipinski definition) is 4. The minimum absolute atomic E-state index is 0.0412.